The van der Waals surface area contributed by atoms with E-state index in [0.29, 0.717) is 23.0 Å². The van der Waals surface area contributed by atoms with Crippen LogP contribution in [0.25, 0.3) is 0 Å². The molecule has 1 unspecified atom stereocenters. The molecule has 144 valence electrons. The first-order valence-corrected chi connectivity index (χ1v) is 9.45. The number of hydrogen-bond donors (Lipinski definition) is 2. The molecule has 27 heavy (non-hydrogen) atoms. The standard InChI is InChI=1S/C21H27N3O3/c1-14(2)12-24-18(15-9-10-15)17(11-23-24)19(25)22-13-21(3,20(26)27)16-7-5-4-6-8-16/h4-8,11,14-15H,9-10,12-13H2,1-3H3,(H,22,25)(H,26,27). The van der Waals surface area contributed by atoms with Crippen molar-refractivity contribution in [3.8, 4) is 0 Å². The Balaban J connectivity index is 1.79. The average molecular weight is 369 g/mol. The zero-order chi connectivity index (χ0) is 19.6. The fraction of sp³-hybridized carbons (Fsp3) is 0.476. The van der Waals surface area contributed by atoms with Gasteiger partial charge in [0.1, 0.15) is 5.41 Å². The number of amides is 1. The number of carbonyl (C=O) groups is 2. The van der Waals surface area contributed by atoms with Gasteiger partial charge in [0, 0.05) is 19.0 Å². The van der Waals surface area contributed by atoms with Gasteiger partial charge in [0.2, 0.25) is 0 Å². The molecule has 1 atom stereocenters. The molecule has 1 amide bonds. The van der Waals surface area contributed by atoms with Crippen molar-refractivity contribution in [2.75, 3.05) is 6.54 Å². The smallest absolute Gasteiger partial charge is 0.315 e. The molecule has 1 saturated carbocycles. The highest BCUT2D eigenvalue weighted by Crippen LogP contribution is 2.41. The Bertz CT molecular complexity index is 824. The number of benzene rings is 1. The molecule has 1 fully saturated rings. The molecule has 6 heteroatoms. The van der Waals surface area contributed by atoms with E-state index >= 15 is 0 Å². The van der Waals surface area contributed by atoms with Crippen LogP contribution in [0.15, 0.2) is 36.5 Å². The highest BCUT2D eigenvalue weighted by atomic mass is 16.4. The molecule has 1 aromatic heterocycles. The minimum atomic E-state index is -1.19. The van der Waals surface area contributed by atoms with E-state index in [9.17, 15) is 14.7 Å². The maximum absolute atomic E-state index is 12.8. The topological polar surface area (TPSA) is 84.2 Å². The molecule has 6 nitrogen and oxygen atoms in total. The van der Waals surface area contributed by atoms with E-state index in [0.717, 1.165) is 25.1 Å². The molecule has 3 rings (SSSR count). The van der Waals surface area contributed by atoms with Gasteiger partial charge in [-0.05, 0) is 31.2 Å². The zero-order valence-electron chi connectivity index (χ0n) is 16.1. The van der Waals surface area contributed by atoms with Crippen molar-refractivity contribution >= 4 is 11.9 Å². The lowest BCUT2D eigenvalue weighted by molar-refractivity contribution is -0.142. The second kappa shape index (κ2) is 7.55. The van der Waals surface area contributed by atoms with Crippen LogP contribution in [0.5, 0.6) is 0 Å². The summed E-state index contributed by atoms with van der Waals surface area (Å²) in [4.78, 5) is 24.8. The second-order valence-electron chi connectivity index (χ2n) is 7.98. The lowest BCUT2D eigenvalue weighted by Gasteiger charge is -2.25. The maximum Gasteiger partial charge on any atom is 0.315 e. The first-order chi connectivity index (χ1) is 12.8. The van der Waals surface area contributed by atoms with Gasteiger partial charge in [0.05, 0.1) is 17.5 Å². The number of carboxylic acid groups (broad SMARTS) is 1. The summed E-state index contributed by atoms with van der Waals surface area (Å²) >= 11 is 0. The fourth-order valence-electron chi connectivity index (χ4n) is 3.31. The third kappa shape index (κ3) is 4.04. The van der Waals surface area contributed by atoms with E-state index in [1.165, 1.54) is 0 Å². The molecule has 2 aromatic rings. The van der Waals surface area contributed by atoms with Crippen molar-refractivity contribution in [1.29, 1.82) is 0 Å². The Hall–Kier alpha value is -2.63. The van der Waals surface area contributed by atoms with Gasteiger partial charge in [-0.25, -0.2) is 0 Å². The lowest BCUT2D eigenvalue weighted by atomic mass is 9.82. The van der Waals surface area contributed by atoms with E-state index in [1.807, 2.05) is 10.7 Å². The van der Waals surface area contributed by atoms with Crippen LogP contribution in [0.4, 0.5) is 0 Å². The predicted molar refractivity (Wildman–Crippen MR) is 103 cm³/mol. The van der Waals surface area contributed by atoms with Gasteiger partial charge < -0.3 is 10.4 Å². The van der Waals surface area contributed by atoms with Gasteiger partial charge in [-0.15, -0.1) is 0 Å². The Kier molecular flexibility index (Phi) is 5.35. The third-order valence-corrected chi connectivity index (χ3v) is 5.11. The lowest BCUT2D eigenvalue weighted by Crippen LogP contribution is -2.44. The van der Waals surface area contributed by atoms with Crippen LogP contribution in [0, 0.1) is 5.92 Å². The van der Waals surface area contributed by atoms with Gasteiger partial charge >= 0.3 is 5.97 Å². The molecule has 1 aromatic carbocycles. The quantitative estimate of drug-likeness (QED) is 0.748. The van der Waals surface area contributed by atoms with Crippen molar-refractivity contribution in [2.45, 2.75) is 51.5 Å². The molecule has 2 N–H and O–H groups in total. The molecule has 0 saturated heterocycles. The van der Waals surface area contributed by atoms with Crippen molar-refractivity contribution in [3.63, 3.8) is 0 Å². The van der Waals surface area contributed by atoms with Gasteiger partial charge in [0.25, 0.3) is 5.91 Å². The number of rotatable bonds is 8. The normalized spacial score (nSPS) is 16.1. The SMILES string of the molecule is CC(C)Cn1ncc(C(=O)NCC(C)(C(=O)O)c2ccccc2)c1C1CC1. The molecular weight excluding hydrogens is 342 g/mol. The molecule has 0 spiro atoms. The number of carbonyl (C=O) groups excluding carboxylic acids is 1. The molecule has 0 bridgehead atoms. The Morgan fingerprint density at radius 1 is 1.30 bits per heavy atom. The van der Waals surface area contributed by atoms with Gasteiger partial charge in [-0.3, -0.25) is 14.3 Å². The van der Waals surface area contributed by atoms with Crippen molar-refractivity contribution in [2.24, 2.45) is 5.92 Å². The van der Waals surface area contributed by atoms with Crippen LogP contribution in [0.2, 0.25) is 0 Å². The van der Waals surface area contributed by atoms with Crippen LogP contribution in [-0.4, -0.2) is 33.3 Å². The Labute approximate surface area is 159 Å². The predicted octanol–water partition coefficient (Wildman–Crippen LogP) is 3.19. The Morgan fingerprint density at radius 3 is 2.52 bits per heavy atom. The fourth-order valence-corrected chi connectivity index (χ4v) is 3.31. The average Bonchev–Trinajstić information content (AvgIpc) is 3.40. The number of nitrogens with one attached hydrogen (secondary N) is 1. The highest BCUT2D eigenvalue weighted by Gasteiger charge is 2.37. The first kappa shape index (κ1) is 19.1. The van der Waals surface area contributed by atoms with Gasteiger partial charge in [-0.1, -0.05) is 44.2 Å². The zero-order valence-corrected chi connectivity index (χ0v) is 16.1. The third-order valence-electron chi connectivity index (χ3n) is 5.11. The number of nitrogens with zero attached hydrogens (tertiary/aromatic N) is 2. The second-order valence-corrected chi connectivity index (χ2v) is 7.98. The number of aromatic nitrogens is 2. The van der Waals surface area contributed by atoms with Crippen molar-refractivity contribution in [1.82, 2.24) is 15.1 Å². The Morgan fingerprint density at radius 2 is 1.96 bits per heavy atom. The van der Waals surface area contributed by atoms with E-state index in [4.69, 9.17) is 0 Å². The van der Waals surface area contributed by atoms with Crippen LogP contribution >= 0.6 is 0 Å². The summed E-state index contributed by atoms with van der Waals surface area (Å²) in [5.41, 5.74) is 1.03. The van der Waals surface area contributed by atoms with E-state index < -0.39 is 11.4 Å². The molecule has 1 heterocycles. The number of aliphatic carboxylic acids is 1. The summed E-state index contributed by atoms with van der Waals surface area (Å²) in [7, 11) is 0. The van der Waals surface area contributed by atoms with Crippen LogP contribution in [0.3, 0.4) is 0 Å². The summed E-state index contributed by atoms with van der Waals surface area (Å²) < 4.78 is 1.94. The van der Waals surface area contributed by atoms with Crippen LogP contribution in [-0.2, 0) is 16.8 Å². The van der Waals surface area contributed by atoms with Gasteiger partial charge in [-0.2, -0.15) is 5.10 Å². The number of carboxylic acids is 1. The molecule has 0 aliphatic heterocycles. The van der Waals surface area contributed by atoms with Crippen molar-refractivity contribution in [3.05, 3.63) is 53.3 Å². The molecule has 0 radical (unpaired) electrons. The molecule has 1 aliphatic rings. The summed E-state index contributed by atoms with van der Waals surface area (Å²) in [5.74, 6) is -0.402. The first-order valence-electron chi connectivity index (χ1n) is 9.45. The highest BCUT2D eigenvalue weighted by molar-refractivity contribution is 5.96. The van der Waals surface area contributed by atoms with Gasteiger partial charge in [0.15, 0.2) is 0 Å². The summed E-state index contributed by atoms with van der Waals surface area (Å²) in [5, 5.41) is 17.0. The number of hydrogen-bond acceptors (Lipinski definition) is 3. The monoisotopic (exact) mass is 369 g/mol. The summed E-state index contributed by atoms with van der Waals surface area (Å²) in [6, 6.07) is 9.00. The molecule has 1 aliphatic carbocycles. The summed E-state index contributed by atoms with van der Waals surface area (Å²) in [6.07, 6.45) is 3.76. The van der Waals surface area contributed by atoms with E-state index in [1.54, 1.807) is 37.4 Å². The summed E-state index contributed by atoms with van der Waals surface area (Å²) in [6.45, 7) is 6.67. The van der Waals surface area contributed by atoms with E-state index in [2.05, 4.69) is 24.3 Å². The maximum atomic E-state index is 12.8. The minimum Gasteiger partial charge on any atom is -0.481 e. The molecular formula is C21H27N3O3. The van der Waals surface area contributed by atoms with Crippen LogP contribution in [0.1, 0.15) is 61.1 Å². The van der Waals surface area contributed by atoms with Crippen molar-refractivity contribution < 1.29 is 14.7 Å². The minimum absolute atomic E-state index is 0.0185. The van der Waals surface area contributed by atoms with E-state index in [-0.39, 0.29) is 12.5 Å². The van der Waals surface area contributed by atoms with Crippen LogP contribution < -0.4 is 5.32 Å². The largest absolute Gasteiger partial charge is 0.481 e.